The minimum atomic E-state index is -0.918. The Balaban J connectivity index is 1.25. The lowest BCUT2D eigenvalue weighted by molar-refractivity contribution is 0.221. The fraction of sp³-hybridized carbons (Fsp3) is 0.143. The summed E-state index contributed by atoms with van der Waals surface area (Å²) in [5.74, 6) is -5.69. The third-order valence-corrected chi connectivity index (χ3v) is 14.5. The molecule has 0 aromatic heterocycles. The number of hydrogen-bond donors (Lipinski definition) is 10. The molecule has 8 aromatic rings. The Labute approximate surface area is 388 Å². The highest BCUT2D eigenvalue weighted by atomic mass is 16.5. The summed E-state index contributed by atoms with van der Waals surface area (Å²) in [6.45, 7) is 0. The maximum absolute atomic E-state index is 12.5. The molecule has 0 radical (unpaired) electrons. The molecule has 0 saturated heterocycles. The van der Waals surface area contributed by atoms with Gasteiger partial charge in [-0.15, -0.1) is 0 Å². The van der Waals surface area contributed by atoms with Gasteiger partial charge in [-0.05, 0) is 117 Å². The van der Waals surface area contributed by atoms with Crippen LogP contribution < -0.4 is 9.47 Å². The highest BCUT2D eigenvalue weighted by Crippen LogP contribution is 2.69. The molecule has 2 heterocycles. The zero-order valence-electron chi connectivity index (χ0n) is 35.8. The maximum Gasteiger partial charge on any atom is 0.135 e. The van der Waals surface area contributed by atoms with E-state index >= 15 is 0 Å². The van der Waals surface area contributed by atoms with Crippen LogP contribution in [0.15, 0.2) is 146 Å². The summed E-state index contributed by atoms with van der Waals surface area (Å²) in [6.07, 6.45) is -1.62. The summed E-state index contributed by atoms with van der Waals surface area (Å²) in [6, 6.07) is 38.4. The van der Waals surface area contributed by atoms with Crippen LogP contribution in [0.5, 0.6) is 69.0 Å². The third-order valence-electron chi connectivity index (χ3n) is 14.5. The van der Waals surface area contributed by atoms with Crippen LogP contribution in [0.3, 0.4) is 0 Å². The smallest absolute Gasteiger partial charge is 0.135 e. The summed E-state index contributed by atoms with van der Waals surface area (Å²) in [7, 11) is 0. The number of ether oxygens (including phenoxy) is 2. The topological polar surface area (TPSA) is 221 Å². The van der Waals surface area contributed by atoms with Crippen LogP contribution in [-0.4, -0.2) is 51.1 Å². The first kappa shape index (κ1) is 40.8. The maximum atomic E-state index is 12.5. The van der Waals surface area contributed by atoms with E-state index in [1.54, 1.807) is 121 Å². The number of fused-ring (bicyclic) bond motifs is 4. The van der Waals surface area contributed by atoms with E-state index in [2.05, 4.69) is 0 Å². The van der Waals surface area contributed by atoms with Gasteiger partial charge in [0.15, 0.2) is 0 Å². The minimum Gasteiger partial charge on any atom is -0.508 e. The molecule has 0 amide bonds. The van der Waals surface area contributed by atoms with Crippen LogP contribution >= 0.6 is 0 Å². The number of benzene rings is 8. The van der Waals surface area contributed by atoms with Crippen LogP contribution in [0.2, 0.25) is 0 Å². The zero-order valence-corrected chi connectivity index (χ0v) is 35.8. The van der Waals surface area contributed by atoms with Crippen molar-refractivity contribution in [2.45, 2.75) is 47.7 Å². The van der Waals surface area contributed by atoms with Gasteiger partial charge in [-0.2, -0.15) is 0 Å². The van der Waals surface area contributed by atoms with Crippen molar-refractivity contribution in [1.29, 1.82) is 0 Å². The van der Waals surface area contributed by atoms with Crippen molar-refractivity contribution in [3.63, 3.8) is 0 Å². The first-order valence-electron chi connectivity index (χ1n) is 22.2. The van der Waals surface area contributed by atoms with Gasteiger partial charge >= 0.3 is 0 Å². The van der Waals surface area contributed by atoms with E-state index in [1.807, 2.05) is 0 Å². The van der Waals surface area contributed by atoms with Crippen molar-refractivity contribution in [3.05, 3.63) is 212 Å². The molecule has 10 N–H and O–H groups in total. The van der Waals surface area contributed by atoms with Crippen molar-refractivity contribution in [2.24, 2.45) is 0 Å². The quantitative estimate of drug-likeness (QED) is 0.0780. The highest BCUT2D eigenvalue weighted by molar-refractivity contribution is 5.71. The number of hydrogen-bond acceptors (Lipinski definition) is 12. The summed E-state index contributed by atoms with van der Waals surface area (Å²) in [5, 5.41) is 114. The molecule has 12 nitrogen and oxygen atoms in total. The minimum absolute atomic E-state index is 0.0182. The van der Waals surface area contributed by atoms with Gasteiger partial charge in [0, 0.05) is 70.2 Å². The molecule has 2 aliphatic heterocycles. The van der Waals surface area contributed by atoms with E-state index in [0.29, 0.717) is 78.3 Å². The lowest BCUT2D eigenvalue weighted by atomic mass is 9.62. The van der Waals surface area contributed by atoms with Crippen LogP contribution in [0.1, 0.15) is 114 Å². The summed E-state index contributed by atoms with van der Waals surface area (Å²) in [4.78, 5) is 0. The summed E-state index contributed by atoms with van der Waals surface area (Å²) >= 11 is 0. The second kappa shape index (κ2) is 14.9. The fourth-order valence-corrected chi connectivity index (χ4v) is 12.0. The van der Waals surface area contributed by atoms with Crippen molar-refractivity contribution in [1.82, 2.24) is 0 Å². The Morgan fingerprint density at radius 1 is 0.265 bits per heavy atom. The summed E-state index contributed by atoms with van der Waals surface area (Å²) < 4.78 is 13.7. The Bertz CT molecular complexity index is 3110. The first-order chi connectivity index (χ1) is 32.8. The van der Waals surface area contributed by atoms with Crippen LogP contribution in [0.25, 0.3) is 0 Å². The second-order valence-corrected chi connectivity index (χ2v) is 18.2. The molecule has 68 heavy (non-hydrogen) atoms. The second-order valence-electron chi connectivity index (χ2n) is 18.2. The van der Waals surface area contributed by atoms with E-state index in [4.69, 9.17) is 9.47 Å². The lowest BCUT2D eigenvalue weighted by Crippen LogP contribution is -2.26. The number of phenols is 10. The van der Waals surface area contributed by atoms with Crippen molar-refractivity contribution in [3.8, 4) is 69.0 Å². The number of rotatable bonds is 5. The number of aromatic hydroxyl groups is 10. The van der Waals surface area contributed by atoms with Crippen LogP contribution in [0.4, 0.5) is 0 Å². The molecule has 0 saturated carbocycles. The van der Waals surface area contributed by atoms with Crippen molar-refractivity contribution >= 4 is 0 Å². The first-order valence-corrected chi connectivity index (χ1v) is 22.2. The average Bonchev–Trinajstić information content (AvgIpc) is 3.81. The molecular weight excluding hydrogens is 865 g/mol. The van der Waals surface area contributed by atoms with Gasteiger partial charge in [0.2, 0.25) is 0 Å². The molecule has 0 spiro atoms. The van der Waals surface area contributed by atoms with E-state index in [1.165, 1.54) is 24.3 Å². The largest absolute Gasteiger partial charge is 0.508 e. The Kier molecular flexibility index (Phi) is 8.97. The average molecular weight is 907 g/mol. The van der Waals surface area contributed by atoms with Crippen molar-refractivity contribution in [2.75, 3.05) is 0 Å². The van der Waals surface area contributed by atoms with Gasteiger partial charge in [0.05, 0.1) is 11.8 Å². The van der Waals surface area contributed by atoms with Crippen molar-refractivity contribution < 1.29 is 60.5 Å². The van der Waals surface area contributed by atoms with Gasteiger partial charge in [-0.25, -0.2) is 0 Å². The van der Waals surface area contributed by atoms with Gasteiger partial charge in [0.25, 0.3) is 0 Å². The standard InChI is InChI=1S/C56H42O12/c57-29-9-1-25(2-10-29)45-47-37(17-33(61)21-41(47)65)53-49-39(19-35(63)23-43(49)67-55(53)27-5-13-31(59)14-6-27)51(45)52-40-20-36(64)24-44-50(40)54(56(68-44)28-7-15-32(60)16-8-28)38-18-34(62)22-42(66)48(38)46(52)26-3-11-30(58)12-4-26/h1-24,45-46,51-66H/t45-,46-,51-,52-,53-,54-,55-,56-/m0/s1. The lowest BCUT2D eigenvalue weighted by Gasteiger charge is -2.40. The third kappa shape index (κ3) is 6.20. The highest BCUT2D eigenvalue weighted by Gasteiger charge is 2.55. The predicted molar refractivity (Wildman–Crippen MR) is 248 cm³/mol. The number of phenolic OH excluding ortho intramolecular Hbond substituents is 10. The molecule has 4 aliphatic rings. The fourth-order valence-electron chi connectivity index (χ4n) is 12.0. The van der Waals surface area contributed by atoms with Gasteiger partial charge in [-0.3, -0.25) is 0 Å². The molecule has 0 fully saturated rings. The van der Waals surface area contributed by atoms with E-state index in [-0.39, 0.29) is 57.5 Å². The molecular formula is C56H42O12. The van der Waals surface area contributed by atoms with Crippen LogP contribution in [0, 0.1) is 0 Å². The molecule has 8 atom stereocenters. The van der Waals surface area contributed by atoms with Gasteiger partial charge < -0.3 is 60.5 Å². The molecule has 12 rings (SSSR count). The van der Waals surface area contributed by atoms with E-state index in [0.717, 1.165) is 0 Å². The van der Waals surface area contributed by atoms with Gasteiger partial charge in [-0.1, -0.05) is 48.5 Å². The Hall–Kier alpha value is -8.64. The molecule has 8 aromatic carbocycles. The normalized spacial score (nSPS) is 22.6. The monoisotopic (exact) mass is 906 g/mol. The van der Waals surface area contributed by atoms with Gasteiger partial charge in [0.1, 0.15) is 81.2 Å². The molecule has 2 aliphatic carbocycles. The Morgan fingerprint density at radius 3 is 0.897 bits per heavy atom. The summed E-state index contributed by atoms with van der Waals surface area (Å²) in [5.41, 5.74) is 6.75. The molecule has 338 valence electrons. The predicted octanol–water partition coefficient (Wildman–Crippen LogP) is 10.4. The van der Waals surface area contributed by atoms with Crippen LogP contribution in [-0.2, 0) is 0 Å². The SMILES string of the molecule is Oc1ccc([C@H]2c3c(O)cc(O)cc3[C@H]3c4c(cc(O)cc4[C@@H]2[C@H]2c4cc(O)cc5c4[C@H](c4cc(O)cc(O)c4[C@@H]2c2ccc(O)cc2)[C@H](c2ccc(O)cc2)O5)O[C@H]3c2ccc(O)cc2)cc1. The van der Waals surface area contributed by atoms with E-state index < -0.39 is 47.7 Å². The zero-order chi connectivity index (χ0) is 46.9. The van der Waals surface area contributed by atoms with E-state index in [9.17, 15) is 51.1 Å². The molecule has 0 bridgehead atoms. The molecule has 0 unspecified atom stereocenters. The Morgan fingerprint density at radius 2 is 0.559 bits per heavy atom. The molecule has 12 heteroatoms.